The second-order valence-electron chi connectivity index (χ2n) is 6.65. The molecule has 1 aromatic heterocycles. The quantitative estimate of drug-likeness (QED) is 0.389. The highest BCUT2D eigenvalue weighted by Gasteiger charge is 2.20. The van der Waals surface area contributed by atoms with E-state index in [2.05, 4.69) is 78.8 Å². The third-order valence-corrected chi connectivity index (χ3v) is 4.70. The maximum Gasteiger partial charge on any atom is 0.0969 e. The number of benzene rings is 3. The number of hydrogen-bond donors (Lipinski definition) is 0. The lowest BCUT2D eigenvalue weighted by molar-refractivity contribution is 0.891. The first-order valence-electron chi connectivity index (χ1n) is 9.18. The lowest BCUT2D eigenvalue weighted by Crippen LogP contribution is -1.99. The third-order valence-electron chi connectivity index (χ3n) is 4.70. The first kappa shape index (κ1) is 17.0. The van der Waals surface area contributed by atoms with Crippen LogP contribution < -0.4 is 0 Å². The molecule has 0 aliphatic carbocycles. The molecule has 0 saturated carbocycles. The average Bonchev–Trinajstić information content (AvgIpc) is 3.09. The van der Waals surface area contributed by atoms with E-state index in [-0.39, 0.29) is 0 Å². The zero-order valence-electron chi connectivity index (χ0n) is 15.5. The van der Waals surface area contributed by atoms with Gasteiger partial charge in [-0.2, -0.15) is 5.10 Å². The van der Waals surface area contributed by atoms with Gasteiger partial charge in [0.25, 0.3) is 0 Å². The van der Waals surface area contributed by atoms with Crippen LogP contribution in [0.3, 0.4) is 0 Å². The Morgan fingerprint density at radius 2 is 1.44 bits per heavy atom. The van der Waals surface area contributed by atoms with Gasteiger partial charge in [0.05, 0.1) is 17.1 Å². The predicted molar refractivity (Wildman–Crippen MR) is 113 cm³/mol. The summed E-state index contributed by atoms with van der Waals surface area (Å²) in [5.74, 6) is 0. The van der Waals surface area contributed by atoms with Crippen molar-refractivity contribution in [2.45, 2.75) is 13.3 Å². The van der Waals surface area contributed by atoms with Crippen molar-refractivity contribution in [3.63, 3.8) is 0 Å². The lowest BCUT2D eigenvalue weighted by Gasteiger charge is -2.10. The number of rotatable bonds is 5. The van der Waals surface area contributed by atoms with Gasteiger partial charge < -0.3 is 0 Å². The Balaban J connectivity index is 2.02. The van der Waals surface area contributed by atoms with Gasteiger partial charge in [-0.3, -0.25) is 0 Å². The highest BCUT2D eigenvalue weighted by Crippen LogP contribution is 2.35. The minimum Gasteiger partial charge on any atom is -0.232 e. The minimum atomic E-state index is 0.764. The summed E-state index contributed by atoms with van der Waals surface area (Å²) in [5.41, 5.74) is 7.92. The normalized spacial score (nSPS) is 10.7. The minimum absolute atomic E-state index is 0.764. The molecule has 0 amide bonds. The smallest absolute Gasteiger partial charge is 0.0969 e. The van der Waals surface area contributed by atoms with Gasteiger partial charge >= 0.3 is 0 Å². The van der Waals surface area contributed by atoms with Crippen LogP contribution >= 0.6 is 0 Å². The zero-order valence-corrected chi connectivity index (χ0v) is 15.5. The number of hydrogen-bond acceptors (Lipinski definition) is 1. The molecule has 0 aliphatic rings. The van der Waals surface area contributed by atoms with E-state index in [4.69, 9.17) is 5.10 Å². The summed E-state index contributed by atoms with van der Waals surface area (Å²) in [6, 6.07) is 29.3. The molecule has 1 heterocycles. The average molecular weight is 350 g/mol. The molecule has 0 fully saturated rings. The molecule has 0 N–H and O–H groups in total. The van der Waals surface area contributed by atoms with Crippen LogP contribution in [0.1, 0.15) is 11.1 Å². The first-order chi connectivity index (χ1) is 13.3. The van der Waals surface area contributed by atoms with Crippen LogP contribution in [-0.4, -0.2) is 9.78 Å². The molecule has 0 saturated heterocycles. The van der Waals surface area contributed by atoms with Crippen molar-refractivity contribution in [3.05, 3.63) is 109 Å². The fourth-order valence-electron chi connectivity index (χ4n) is 3.38. The summed E-state index contributed by atoms with van der Waals surface area (Å²) in [6.45, 7) is 6.09. The van der Waals surface area contributed by atoms with E-state index in [0.29, 0.717) is 0 Å². The number of para-hydroxylation sites is 1. The van der Waals surface area contributed by atoms with Crippen molar-refractivity contribution in [1.82, 2.24) is 9.78 Å². The largest absolute Gasteiger partial charge is 0.232 e. The van der Waals surface area contributed by atoms with Crippen molar-refractivity contribution >= 4 is 0 Å². The molecule has 4 rings (SSSR count). The molecule has 0 bridgehead atoms. The summed E-state index contributed by atoms with van der Waals surface area (Å²) in [7, 11) is 0. The second kappa shape index (κ2) is 7.46. The molecular weight excluding hydrogens is 328 g/mol. The molecule has 2 heteroatoms. The highest BCUT2D eigenvalue weighted by molar-refractivity contribution is 5.76. The van der Waals surface area contributed by atoms with Crippen molar-refractivity contribution < 1.29 is 0 Å². The Hall–Kier alpha value is -3.39. The van der Waals surface area contributed by atoms with Crippen molar-refractivity contribution in [3.8, 4) is 28.2 Å². The molecule has 4 aromatic rings. The Labute approximate surface area is 160 Å². The van der Waals surface area contributed by atoms with Gasteiger partial charge in [0, 0.05) is 16.7 Å². The molecule has 0 atom stereocenters. The van der Waals surface area contributed by atoms with Crippen molar-refractivity contribution in [2.75, 3.05) is 0 Å². The van der Waals surface area contributed by atoms with Gasteiger partial charge in [0.1, 0.15) is 0 Å². The summed E-state index contributed by atoms with van der Waals surface area (Å²) in [6.07, 6.45) is 2.72. The Morgan fingerprint density at radius 3 is 2.07 bits per heavy atom. The summed E-state index contributed by atoms with van der Waals surface area (Å²) in [5, 5.41) is 5.04. The van der Waals surface area contributed by atoms with Gasteiger partial charge in [-0.15, -0.1) is 6.58 Å². The van der Waals surface area contributed by atoms with Crippen LogP contribution in [0.5, 0.6) is 0 Å². The lowest BCUT2D eigenvalue weighted by atomic mass is 9.98. The van der Waals surface area contributed by atoms with Gasteiger partial charge in [-0.1, -0.05) is 84.4 Å². The van der Waals surface area contributed by atoms with Crippen LogP contribution in [0.15, 0.2) is 97.6 Å². The van der Waals surface area contributed by atoms with Crippen molar-refractivity contribution in [2.24, 2.45) is 0 Å². The third kappa shape index (κ3) is 3.34. The van der Waals surface area contributed by atoms with Gasteiger partial charge in [-0.05, 0) is 25.5 Å². The summed E-state index contributed by atoms with van der Waals surface area (Å²) < 4.78 is 2.06. The number of allylic oxidation sites excluding steroid dienone is 1. The second-order valence-corrected chi connectivity index (χ2v) is 6.65. The molecule has 3 aromatic carbocycles. The Morgan fingerprint density at radius 1 is 0.815 bits per heavy atom. The fraction of sp³-hybridized carbons (Fsp3) is 0.0800. The maximum absolute atomic E-state index is 5.04. The van der Waals surface area contributed by atoms with Crippen LogP contribution in [0.25, 0.3) is 28.2 Å². The van der Waals surface area contributed by atoms with E-state index < -0.39 is 0 Å². The van der Waals surface area contributed by atoms with Gasteiger partial charge in [-0.25, -0.2) is 4.68 Å². The van der Waals surface area contributed by atoms with Gasteiger partial charge in [0.2, 0.25) is 0 Å². The van der Waals surface area contributed by atoms with Crippen LogP contribution in [0.2, 0.25) is 0 Å². The molecule has 0 spiro atoms. The maximum atomic E-state index is 5.04. The zero-order chi connectivity index (χ0) is 18.6. The van der Waals surface area contributed by atoms with Gasteiger partial charge in [0.15, 0.2) is 0 Å². The topological polar surface area (TPSA) is 17.8 Å². The molecule has 132 valence electrons. The molecule has 0 radical (unpaired) electrons. The monoisotopic (exact) mass is 350 g/mol. The van der Waals surface area contributed by atoms with E-state index >= 15 is 0 Å². The number of nitrogens with zero attached hydrogens (tertiary/aromatic N) is 2. The van der Waals surface area contributed by atoms with E-state index in [9.17, 15) is 0 Å². The fourth-order valence-corrected chi connectivity index (χ4v) is 3.38. The number of aryl methyl sites for hydroxylation is 1. The van der Waals surface area contributed by atoms with Crippen LogP contribution in [0, 0.1) is 6.92 Å². The summed E-state index contributed by atoms with van der Waals surface area (Å²) >= 11 is 0. The van der Waals surface area contributed by atoms with E-state index in [1.807, 2.05) is 30.3 Å². The summed E-state index contributed by atoms with van der Waals surface area (Å²) in [4.78, 5) is 0. The van der Waals surface area contributed by atoms with Crippen LogP contribution in [0.4, 0.5) is 0 Å². The standard InChI is InChI=1S/C25H22N2/c1-3-10-23-24(20-11-6-4-7-12-20)26-27(22-13-8-5-9-14-22)25(23)21-17-15-19(2)16-18-21/h3-9,11-18H,1,10H2,2H3. The predicted octanol–water partition coefficient (Wildman–Crippen LogP) is 6.24. The molecule has 0 unspecified atom stereocenters. The number of aromatic nitrogens is 2. The van der Waals surface area contributed by atoms with Crippen LogP contribution in [-0.2, 0) is 6.42 Å². The molecule has 0 aliphatic heterocycles. The molecular formula is C25H22N2. The van der Waals surface area contributed by atoms with E-state index in [1.54, 1.807) is 0 Å². The SMILES string of the molecule is C=CCc1c(-c2ccccc2)nn(-c2ccccc2)c1-c1ccc(C)cc1. The first-order valence-corrected chi connectivity index (χ1v) is 9.18. The van der Waals surface area contributed by atoms with E-state index in [1.165, 1.54) is 11.1 Å². The van der Waals surface area contributed by atoms with Crippen molar-refractivity contribution in [1.29, 1.82) is 0 Å². The molecule has 2 nitrogen and oxygen atoms in total. The van der Waals surface area contributed by atoms with E-state index in [0.717, 1.165) is 34.6 Å². The highest BCUT2D eigenvalue weighted by atomic mass is 15.3. The molecule has 27 heavy (non-hydrogen) atoms. The Bertz CT molecular complexity index is 1040. The Kier molecular flexibility index (Phi) is 4.71.